The molecule has 0 radical (unpaired) electrons. The van der Waals surface area contributed by atoms with E-state index in [1.54, 1.807) is 20.5 Å². The van der Waals surface area contributed by atoms with Crippen molar-refractivity contribution >= 4 is 35.1 Å². The van der Waals surface area contributed by atoms with E-state index in [-0.39, 0.29) is 36.9 Å². The second-order valence-electron chi connectivity index (χ2n) is 8.16. The minimum Gasteiger partial charge on any atom is -0.383 e. The molecule has 0 unspecified atom stereocenters. The molecule has 2 rings (SSSR count). The number of nitrogen functional groups attached to an aromatic ring is 1. The van der Waals surface area contributed by atoms with Crippen LogP contribution in [0.2, 0.25) is 0 Å². The van der Waals surface area contributed by atoms with Crippen LogP contribution in [0, 0.1) is 11.3 Å². The molecule has 1 amide bonds. The van der Waals surface area contributed by atoms with Crippen molar-refractivity contribution in [2.45, 2.75) is 37.5 Å². The summed E-state index contributed by atoms with van der Waals surface area (Å²) < 4.78 is 49.8. The fraction of sp³-hybridized carbons (Fsp3) is 0.520. The van der Waals surface area contributed by atoms with Crippen LogP contribution in [0.25, 0.3) is 0 Å². The number of aromatic nitrogens is 2. The molecule has 0 spiro atoms. The van der Waals surface area contributed by atoms with Gasteiger partial charge in [0.2, 0.25) is 11.9 Å². The number of rotatable bonds is 15. The summed E-state index contributed by atoms with van der Waals surface area (Å²) in [5.41, 5.74) is 5.03. The summed E-state index contributed by atoms with van der Waals surface area (Å²) in [6.45, 7) is 2.96. The first kappa shape index (κ1) is 33.9. The van der Waals surface area contributed by atoms with Crippen LogP contribution in [0.5, 0.6) is 0 Å². The van der Waals surface area contributed by atoms with Crippen molar-refractivity contribution in [3.63, 3.8) is 0 Å². The van der Waals surface area contributed by atoms with E-state index in [1.165, 1.54) is 23.9 Å². The Labute approximate surface area is 231 Å². The van der Waals surface area contributed by atoms with Gasteiger partial charge in [0.15, 0.2) is 5.82 Å². The molecule has 1 aromatic carbocycles. The van der Waals surface area contributed by atoms with Gasteiger partial charge in [-0.2, -0.15) is 23.4 Å². The van der Waals surface area contributed by atoms with Crippen molar-refractivity contribution in [3.8, 4) is 6.07 Å². The van der Waals surface area contributed by atoms with Crippen LogP contribution in [-0.4, -0.2) is 80.1 Å². The van der Waals surface area contributed by atoms with Gasteiger partial charge in [-0.3, -0.25) is 9.69 Å². The minimum atomic E-state index is -4.55. The van der Waals surface area contributed by atoms with Gasteiger partial charge < -0.3 is 25.8 Å². The Hall–Kier alpha value is -3.12. The standard InChI is InChI=1S/C24H32F3N7O3S.CH4/c1-36-12-10-34(11-13-37-2)9-5-8-19(31-20-18(15-28)22(38-3)33-23(29)32-20)21(35)30-17-7-4-6-16(14-17)24(25,26)27;/h4,6-7,14,19H,5,8-13H2,1-3H3,(H,30,35)(H3,29,31,32,33);1H4/t19-;/m0./s1. The fourth-order valence-corrected chi connectivity index (χ4v) is 4.07. The van der Waals surface area contributed by atoms with E-state index in [4.69, 9.17) is 15.2 Å². The molecular formula is C25H36F3N7O3S. The van der Waals surface area contributed by atoms with E-state index in [9.17, 15) is 23.2 Å². The quantitative estimate of drug-likeness (QED) is 0.212. The molecule has 4 N–H and O–H groups in total. The zero-order valence-electron chi connectivity index (χ0n) is 21.5. The van der Waals surface area contributed by atoms with Crippen LogP contribution in [0.1, 0.15) is 31.4 Å². The van der Waals surface area contributed by atoms with Crippen LogP contribution in [0.15, 0.2) is 29.3 Å². The van der Waals surface area contributed by atoms with Crippen LogP contribution in [0.3, 0.4) is 0 Å². The lowest BCUT2D eigenvalue weighted by molar-refractivity contribution is -0.137. The number of nitrogens with one attached hydrogen (secondary N) is 2. The van der Waals surface area contributed by atoms with Gasteiger partial charge in [-0.05, 0) is 43.8 Å². The first-order chi connectivity index (χ1) is 18.1. The maximum Gasteiger partial charge on any atom is 0.416 e. The van der Waals surface area contributed by atoms with Gasteiger partial charge in [0, 0.05) is 33.0 Å². The molecule has 0 saturated carbocycles. The predicted molar refractivity (Wildman–Crippen MR) is 147 cm³/mol. The first-order valence-corrected chi connectivity index (χ1v) is 12.9. The number of nitrogens with two attached hydrogens (primary N) is 1. The van der Waals surface area contributed by atoms with Crippen LogP contribution >= 0.6 is 11.8 Å². The molecule has 0 aliphatic carbocycles. The number of alkyl halides is 3. The third-order valence-corrected chi connectivity index (χ3v) is 6.16. The summed E-state index contributed by atoms with van der Waals surface area (Å²) >= 11 is 1.20. The molecular weight excluding hydrogens is 535 g/mol. The van der Waals surface area contributed by atoms with Gasteiger partial charge in [0.1, 0.15) is 22.7 Å². The number of hydrogen-bond donors (Lipinski definition) is 3. The predicted octanol–water partition coefficient (Wildman–Crippen LogP) is 4.10. The Morgan fingerprint density at radius 2 is 1.87 bits per heavy atom. The number of carbonyl (C=O) groups is 1. The number of ether oxygens (including phenoxy) is 2. The average Bonchev–Trinajstić information content (AvgIpc) is 2.88. The second kappa shape index (κ2) is 16.8. The van der Waals surface area contributed by atoms with E-state index < -0.39 is 23.7 Å². The lowest BCUT2D eigenvalue weighted by atomic mass is 10.1. The third-order valence-electron chi connectivity index (χ3n) is 5.47. The first-order valence-electron chi connectivity index (χ1n) is 11.7. The highest BCUT2D eigenvalue weighted by Crippen LogP contribution is 2.31. The summed E-state index contributed by atoms with van der Waals surface area (Å²) in [6, 6.07) is 5.46. The summed E-state index contributed by atoms with van der Waals surface area (Å²) in [5.74, 6) is -0.598. The molecule has 2 aromatic rings. The number of halogens is 3. The van der Waals surface area contributed by atoms with Crippen molar-refractivity contribution < 1.29 is 27.4 Å². The Kier molecular flexibility index (Phi) is 14.6. The third kappa shape index (κ3) is 10.9. The molecule has 1 aromatic heterocycles. The number of benzene rings is 1. The van der Waals surface area contributed by atoms with E-state index in [1.807, 2.05) is 6.07 Å². The highest BCUT2D eigenvalue weighted by atomic mass is 32.2. The molecule has 1 heterocycles. The summed E-state index contributed by atoms with van der Waals surface area (Å²) in [5, 5.41) is 15.5. The molecule has 0 fully saturated rings. The maximum atomic E-state index is 13.3. The number of carbonyl (C=O) groups excluding carboxylic acids is 1. The van der Waals surface area contributed by atoms with Crippen LogP contribution in [0.4, 0.5) is 30.6 Å². The number of methoxy groups -OCH3 is 2. The fourth-order valence-electron chi connectivity index (χ4n) is 3.54. The van der Waals surface area contributed by atoms with Crippen molar-refractivity contribution in [1.82, 2.24) is 14.9 Å². The van der Waals surface area contributed by atoms with E-state index in [0.29, 0.717) is 44.3 Å². The van der Waals surface area contributed by atoms with Gasteiger partial charge in [-0.15, -0.1) is 11.8 Å². The van der Waals surface area contributed by atoms with Crippen LogP contribution in [-0.2, 0) is 20.4 Å². The Morgan fingerprint density at radius 1 is 1.21 bits per heavy atom. The van der Waals surface area contributed by atoms with Gasteiger partial charge >= 0.3 is 6.18 Å². The zero-order valence-corrected chi connectivity index (χ0v) is 22.3. The molecule has 0 aliphatic heterocycles. The largest absolute Gasteiger partial charge is 0.416 e. The highest BCUT2D eigenvalue weighted by Gasteiger charge is 2.31. The summed E-state index contributed by atoms with van der Waals surface area (Å²) in [7, 11) is 3.21. The van der Waals surface area contributed by atoms with E-state index in [2.05, 4.69) is 25.5 Å². The number of thioether (sulfide) groups is 1. The van der Waals surface area contributed by atoms with Crippen molar-refractivity contribution in [2.75, 3.05) is 69.7 Å². The van der Waals surface area contributed by atoms with E-state index in [0.717, 1.165) is 12.1 Å². The topological polar surface area (TPSA) is 138 Å². The Bertz CT molecular complexity index is 1090. The molecule has 1 atom stereocenters. The molecule has 14 heteroatoms. The van der Waals surface area contributed by atoms with Gasteiger partial charge in [-0.25, -0.2) is 4.98 Å². The maximum absolute atomic E-state index is 13.3. The second-order valence-corrected chi connectivity index (χ2v) is 8.96. The highest BCUT2D eigenvalue weighted by molar-refractivity contribution is 7.98. The van der Waals surface area contributed by atoms with Gasteiger partial charge in [0.25, 0.3) is 0 Å². The minimum absolute atomic E-state index is 0. The van der Waals surface area contributed by atoms with Gasteiger partial charge in [-0.1, -0.05) is 13.5 Å². The normalized spacial score (nSPS) is 11.9. The lowest BCUT2D eigenvalue weighted by Gasteiger charge is -2.24. The Balaban J connectivity index is 0.00000760. The van der Waals surface area contributed by atoms with Crippen molar-refractivity contribution in [1.29, 1.82) is 5.26 Å². The molecule has 216 valence electrons. The number of nitrogens with zero attached hydrogens (tertiary/aromatic N) is 4. The number of hydrogen-bond acceptors (Lipinski definition) is 10. The monoisotopic (exact) mass is 571 g/mol. The zero-order chi connectivity index (χ0) is 28.1. The molecule has 0 saturated heterocycles. The number of nitriles is 1. The van der Waals surface area contributed by atoms with Crippen molar-refractivity contribution in [3.05, 3.63) is 35.4 Å². The number of anilines is 3. The SMILES string of the molecule is C.COCCN(CCC[C@H](Nc1nc(N)nc(SC)c1C#N)C(=O)Nc1cccc(C(F)(F)F)c1)CCOC. The van der Waals surface area contributed by atoms with Crippen LogP contribution < -0.4 is 16.4 Å². The number of amides is 1. The van der Waals surface area contributed by atoms with Gasteiger partial charge in [0.05, 0.1) is 18.8 Å². The smallest absolute Gasteiger partial charge is 0.383 e. The van der Waals surface area contributed by atoms with E-state index >= 15 is 0 Å². The molecule has 39 heavy (non-hydrogen) atoms. The Morgan fingerprint density at radius 3 is 2.44 bits per heavy atom. The average molecular weight is 572 g/mol. The molecule has 0 aliphatic rings. The lowest BCUT2D eigenvalue weighted by Crippen LogP contribution is -2.37. The summed E-state index contributed by atoms with van der Waals surface area (Å²) in [4.78, 5) is 23.5. The molecule has 0 bridgehead atoms. The van der Waals surface area contributed by atoms with Crippen molar-refractivity contribution in [2.24, 2.45) is 0 Å². The summed E-state index contributed by atoms with van der Waals surface area (Å²) in [6.07, 6.45) is -2.01. The molecule has 10 nitrogen and oxygen atoms in total.